The number of hydrogen-bond acceptors (Lipinski definition) is 5. The molecular weight excluding hydrogens is 208 g/mol. The van der Waals surface area contributed by atoms with Gasteiger partial charge in [-0.15, -0.1) is 0 Å². The predicted molar refractivity (Wildman–Crippen MR) is 61.8 cm³/mol. The van der Waals surface area contributed by atoms with E-state index in [0.29, 0.717) is 18.2 Å². The lowest BCUT2D eigenvalue weighted by molar-refractivity contribution is -0.383. The van der Waals surface area contributed by atoms with Crippen LogP contribution in [0, 0.1) is 17.0 Å². The van der Waals surface area contributed by atoms with Gasteiger partial charge in [0.25, 0.3) is 5.69 Å². The number of anilines is 1. The smallest absolute Gasteiger partial charge is 0.293 e. The van der Waals surface area contributed by atoms with Crippen molar-refractivity contribution in [3.63, 3.8) is 0 Å². The van der Waals surface area contributed by atoms with Gasteiger partial charge in [-0.25, -0.2) is 0 Å². The van der Waals surface area contributed by atoms with Crippen LogP contribution in [0.25, 0.3) is 0 Å². The number of benzene rings is 1. The number of nitro groups is 1. The van der Waals surface area contributed by atoms with Gasteiger partial charge in [-0.05, 0) is 18.6 Å². The van der Waals surface area contributed by atoms with E-state index in [-0.39, 0.29) is 5.69 Å². The molecule has 0 saturated heterocycles. The molecule has 84 valence electrons. The first kappa shape index (κ1) is 10.4. The Bertz CT molecular complexity index is 456. The summed E-state index contributed by atoms with van der Waals surface area (Å²) in [5.74, 6) is 0.590. The van der Waals surface area contributed by atoms with E-state index in [4.69, 9.17) is 0 Å². The molecule has 6 nitrogen and oxygen atoms in total. The molecule has 0 fully saturated rings. The molecule has 1 aliphatic heterocycles. The highest BCUT2D eigenvalue weighted by molar-refractivity contribution is 5.96. The van der Waals surface area contributed by atoms with Crippen molar-refractivity contribution in [2.45, 2.75) is 6.92 Å². The van der Waals surface area contributed by atoms with Crippen LogP contribution in [0.3, 0.4) is 0 Å². The summed E-state index contributed by atoms with van der Waals surface area (Å²) >= 11 is 0. The molecule has 1 aromatic rings. The number of hydrogen-bond donors (Lipinski definition) is 2. The second kappa shape index (κ2) is 4.18. The molecule has 0 saturated carbocycles. The van der Waals surface area contributed by atoms with E-state index in [0.717, 1.165) is 12.1 Å². The minimum atomic E-state index is -0.398. The largest absolute Gasteiger partial charge is 0.354 e. The number of nitro benzene ring substituents is 1. The first-order chi connectivity index (χ1) is 7.66. The highest BCUT2D eigenvalue weighted by Gasteiger charge is 2.15. The van der Waals surface area contributed by atoms with Crippen molar-refractivity contribution in [2.75, 3.05) is 18.4 Å². The van der Waals surface area contributed by atoms with Crippen LogP contribution in [0.15, 0.2) is 23.2 Å². The number of aliphatic imine (C=N–C) groups is 1. The van der Waals surface area contributed by atoms with Crippen LogP contribution < -0.4 is 10.6 Å². The Morgan fingerprint density at radius 1 is 1.56 bits per heavy atom. The van der Waals surface area contributed by atoms with Crippen molar-refractivity contribution < 1.29 is 4.92 Å². The Labute approximate surface area is 92.5 Å². The zero-order valence-corrected chi connectivity index (χ0v) is 8.86. The first-order valence-corrected chi connectivity index (χ1v) is 4.97. The Hall–Kier alpha value is -2.11. The molecule has 0 radical (unpaired) electrons. The van der Waals surface area contributed by atoms with Crippen LogP contribution in [0.5, 0.6) is 0 Å². The average Bonchev–Trinajstić information content (AvgIpc) is 2.73. The fourth-order valence-corrected chi connectivity index (χ4v) is 1.51. The standard InChI is InChI=1S/C10H12N4O2/c1-7-2-3-8(9(6-7)14(15)16)13-10-11-4-5-12-10/h2-3,6H,4-5H2,1H3,(H2,11,12,13). The number of rotatable bonds is 2. The van der Waals surface area contributed by atoms with Gasteiger partial charge in [0.1, 0.15) is 5.69 Å². The van der Waals surface area contributed by atoms with Gasteiger partial charge < -0.3 is 10.6 Å². The van der Waals surface area contributed by atoms with Gasteiger partial charge >= 0.3 is 0 Å². The Morgan fingerprint density at radius 2 is 2.38 bits per heavy atom. The van der Waals surface area contributed by atoms with Gasteiger partial charge in [0.2, 0.25) is 0 Å². The molecule has 2 N–H and O–H groups in total. The van der Waals surface area contributed by atoms with Crippen molar-refractivity contribution in [1.82, 2.24) is 5.32 Å². The SMILES string of the molecule is Cc1ccc(NC2=NCCN2)c([N+](=O)[O-])c1. The third kappa shape index (κ3) is 2.10. The molecule has 0 spiro atoms. The summed E-state index contributed by atoms with van der Waals surface area (Å²) in [6.07, 6.45) is 0. The summed E-state index contributed by atoms with van der Waals surface area (Å²) in [6, 6.07) is 5.05. The first-order valence-electron chi connectivity index (χ1n) is 4.97. The summed E-state index contributed by atoms with van der Waals surface area (Å²) in [5, 5.41) is 16.8. The molecule has 0 amide bonds. The lowest BCUT2D eigenvalue weighted by Crippen LogP contribution is -2.26. The number of nitrogens with zero attached hydrogens (tertiary/aromatic N) is 2. The van der Waals surface area contributed by atoms with Gasteiger partial charge in [0.05, 0.1) is 11.5 Å². The monoisotopic (exact) mass is 220 g/mol. The maximum absolute atomic E-state index is 10.9. The minimum Gasteiger partial charge on any atom is -0.354 e. The maximum atomic E-state index is 10.9. The number of aryl methyl sites for hydroxylation is 1. The van der Waals surface area contributed by atoms with Crippen LogP contribution in [0.1, 0.15) is 5.56 Å². The molecule has 0 bridgehead atoms. The summed E-state index contributed by atoms with van der Waals surface area (Å²) in [4.78, 5) is 14.6. The molecular formula is C10H12N4O2. The Morgan fingerprint density at radius 3 is 3.00 bits per heavy atom. The molecule has 1 aromatic carbocycles. The zero-order valence-electron chi connectivity index (χ0n) is 8.86. The second-order valence-corrected chi connectivity index (χ2v) is 3.56. The highest BCUT2D eigenvalue weighted by Crippen LogP contribution is 2.25. The van der Waals surface area contributed by atoms with Crippen LogP contribution in [0.2, 0.25) is 0 Å². The molecule has 0 aromatic heterocycles. The van der Waals surface area contributed by atoms with Crippen molar-refractivity contribution in [2.24, 2.45) is 4.99 Å². The molecule has 0 aliphatic carbocycles. The molecule has 6 heteroatoms. The summed E-state index contributed by atoms with van der Waals surface area (Å²) in [7, 11) is 0. The van der Waals surface area contributed by atoms with Gasteiger partial charge in [-0.3, -0.25) is 15.1 Å². The topological polar surface area (TPSA) is 79.6 Å². The maximum Gasteiger partial charge on any atom is 0.293 e. The van der Waals surface area contributed by atoms with Crippen molar-refractivity contribution in [1.29, 1.82) is 0 Å². The lowest BCUT2D eigenvalue weighted by atomic mass is 10.2. The van der Waals surface area contributed by atoms with E-state index < -0.39 is 4.92 Å². The Balaban J connectivity index is 2.28. The molecule has 2 rings (SSSR count). The fraction of sp³-hybridized carbons (Fsp3) is 0.300. The van der Waals surface area contributed by atoms with E-state index in [1.165, 1.54) is 6.07 Å². The quantitative estimate of drug-likeness (QED) is 0.581. The van der Waals surface area contributed by atoms with Crippen molar-refractivity contribution >= 4 is 17.3 Å². The van der Waals surface area contributed by atoms with Crippen LogP contribution in [-0.4, -0.2) is 24.0 Å². The molecule has 0 atom stereocenters. The van der Waals surface area contributed by atoms with Crippen LogP contribution in [0.4, 0.5) is 11.4 Å². The fourth-order valence-electron chi connectivity index (χ4n) is 1.51. The summed E-state index contributed by atoms with van der Waals surface area (Å²) < 4.78 is 0. The average molecular weight is 220 g/mol. The summed E-state index contributed by atoms with van der Waals surface area (Å²) in [5.41, 5.74) is 1.39. The van der Waals surface area contributed by atoms with Crippen LogP contribution in [-0.2, 0) is 0 Å². The Kier molecular flexibility index (Phi) is 2.72. The van der Waals surface area contributed by atoms with Crippen molar-refractivity contribution in [3.05, 3.63) is 33.9 Å². The number of guanidine groups is 1. The van der Waals surface area contributed by atoms with Crippen molar-refractivity contribution in [3.8, 4) is 0 Å². The van der Waals surface area contributed by atoms with E-state index in [1.807, 2.05) is 13.0 Å². The minimum absolute atomic E-state index is 0.0661. The predicted octanol–water partition coefficient (Wildman–Crippen LogP) is 1.27. The van der Waals surface area contributed by atoms with Gasteiger partial charge in [0, 0.05) is 12.6 Å². The van der Waals surface area contributed by atoms with Gasteiger partial charge in [0.15, 0.2) is 5.96 Å². The third-order valence-electron chi connectivity index (χ3n) is 2.28. The second-order valence-electron chi connectivity index (χ2n) is 3.56. The lowest BCUT2D eigenvalue weighted by Gasteiger charge is -2.07. The van der Waals surface area contributed by atoms with E-state index in [1.54, 1.807) is 6.07 Å². The normalized spacial score (nSPS) is 14.2. The molecule has 1 heterocycles. The van der Waals surface area contributed by atoms with Crippen LogP contribution >= 0.6 is 0 Å². The third-order valence-corrected chi connectivity index (χ3v) is 2.28. The van der Waals surface area contributed by atoms with Gasteiger partial charge in [-0.1, -0.05) is 6.07 Å². The van der Waals surface area contributed by atoms with E-state index in [9.17, 15) is 10.1 Å². The zero-order chi connectivity index (χ0) is 11.5. The molecule has 1 aliphatic rings. The van der Waals surface area contributed by atoms with E-state index in [2.05, 4.69) is 15.6 Å². The molecule has 16 heavy (non-hydrogen) atoms. The molecule has 0 unspecified atom stereocenters. The highest BCUT2D eigenvalue weighted by atomic mass is 16.6. The summed E-state index contributed by atoms with van der Waals surface area (Å²) in [6.45, 7) is 3.28. The van der Waals surface area contributed by atoms with Gasteiger partial charge in [-0.2, -0.15) is 0 Å². The van der Waals surface area contributed by atoms with E-state index >= 15 is 0 Å². The number of nitrogens with one attached hydrogen (secondary N) is 2.